The zero-order valence-electron chi connectivity index (χ0n) is 16.1. The molecule has 3 aromatic carbocycles. The molecule has 0 saturated heterocycles. The zero-order valence-corrected chi connectivity index (χ0v) is 16.9. The second-order valence-corrected chi connectivity index (χ2v) is 8.63. The first kappa shape index (κ1) is 20.7. The first-order chi connectivity index (χ1) is 13.9. The smallest absolute Gasteiger partial charge is 0.255 e. The van der Waals surface area contributed by atoms with Gasteiger partial charge in [-0.15, -0.1) is 0 Å². The van der Waals surface area contributed by atoms with E-state index < -0.39 is 26.5 Å². The van der Waals surface area contributed by atoms with Gasteiger partial charge in [0.1, 0.15) is 10.7 Å². The molecule has 29 heavy (non-hydrogen) atoms. The van der Waals surface area contributed by atoms with Gasteiger partial charge in [-0.05, 0) is 60.9 Å². The highest BCUT2D eigenvalue weighted by atomic mass is 32.2. The molecule has 1 N–H and O–H groups in total. The van der Waals surface area contributed by atoms with Crippen molar-refractivity contribution in [1.82, 2.24) is 0 Å². The van der Waals surface area contributed by atoms with E-state index in [2.05, 4.69) is 12.2 Å². The Morgan fingerprint density at radius 1 is 0.966 bits per heavy atom. The average Bonchev–Trinajstić information content (AvgIpc) is 2.74. The lowest BCUT2D eigenvalue weighted by molar-refractivity contribution is 0.102. The average molecular weight is 411 g/mol. The molecule has 0 heterocycles. The van der Waals surface area contributed by atoms with Gasteiger partial charge in [0, 0.05) is 11.3 Å². The molecular formula is C23H22FNO3S. The molecule has 0 fully saturated rings. The van der Waals surface area contributed by atoms with Gasteiger partial charge in [-0.1, -0.05) is 43.7 Å². The maximum absolute atomic E-state index is 14.3. The van der Waals surface area contributed by atoms with Gasteiger partial charge in [0.05, 0.1) is 4.90 Å². The third-order valence-electron chi connectivity index (χ3n) is 4.57. The van der Waals surface area contributed by atoms with Gasteiger partial charge in [-0.2, -0.15) is 0 Å². The lowest BCUT2D eigenvalue weighted by atomic mass is 10.1. The SMILES string of the molecule is CCCCc1ccc(NC(=O)c2ccc(F)c(S(=O)(=O)c3ccccc3)c2)cc1. The third kappa shape index (κ3) is 4.90. The molecule has 0 aliphatic heterocycles. The highest BCUT2D eigenvalue weighted by Gasteiger charge is 2.23. The molecule has 0 radical (unpaired) electrons. The van der Waals surface area contributed by atoms with Crippen LogP contribution in [0.5, 0.6) is 0 Å². The summed E-state index contributed by atoms with van der Waals surface area (Å²) in [5.41, 5.74) is 1.84. The summed E-state index contributed by atoms with van der Waals surface area (Å²) in [5.74, 6) is -1.40. The Hall–Kier alpha value is -2.99. The Kier molecular flexibility index (Phi) is 6.44. The van der Waals surface area contributed by atoms with Crippen LogP contribution < -0.4 is 5.32 Å². The summed E-state index contributed by atoms with van der Waals surface area (Å²) < 4.78 is 39.8. The topological polar surface area (TPSA) is 63.2 Å². The fraction of sp³-hybridized carbons (Fsp3) is 0.174. The summed E-state index contributed by atoms with van der Waals surface area (Å²) in [6.45, 7) is 2.13. The number of sulfone groups is 1. The molecule has 150 valence electrons. The van der Waals surface area contributed by atoms with Crippen molar-refractivity contribution >= 4 is 21.4 Å². The fourth-order valence-corrected chi connectivity index (χ4v) is 4.29. The molecule has 0 aliphatic rings. The van der Waals surface area contributed by atoms with E-state index in [1.807, 2.05) is 12.1 Å². The lowest BCUT2D eigenvalue weighted by Crippen LogP contribution is -2.14. The standard InChI is InChI=1S/C23H22FNO3S/c1-2-3-7-17-10-13-19(14-11-17)25-23(26)18-12-15-21(24)22(16-18)29(27,28)20-8-5-4-6-9-20/h4-6,8-16H,2-3,7H2,1H3,(H,25,26). The van der Waals surface area contributed by atoms with E-state index in [-0.39, 0.29) is 10.5 Å². The van der Waals surface area contributed by atoms with E-state index in [4.69, 9.17) is 0 Å². The Labute approximate surface area is 170 Å². The predicted octanol–water partition coefficient (Wildman–Crippen LogP) is 5.25. The predicted molar refractivity (Wildman–Crippen MR) is 111 cm³/mol. The van der Waals surface area contributed by atoms with Crippen molar-refractivity contribution in [3.63, 3.8) is 0 Å². The summed E-state index contributed by atoms with van der Waals surface area (Å²) in [6, 6.07) is 18.4. The minimum Gasteiger partial charge on any atom is -0.322 e. The highest BCUT2D eigenvalue weighted by Crippen LogP contribution is 2.25. The first-order valence-corrected chi connectivity index (χ1v) is 10.9. The summed E-state index contributed by atoms with van der Waals surface area (Å²) in [5, 5.41) is 2.72. The number of hydrogen-bond donors (Lipinski definition) is 1. The second-order valence-electron chi connectivity index (χ2n) is 6.72. The van der Waals surface area contributed by atoms with E-state index in [1.54, 1.807) is 30.3 Å². The van der Waals surface area contributed by atoms with Gasteiger partial charge in [-0.3, -0.25) is 4.79 Å². The van der Waals surface area contributed by atoms with Crippen molar-refractivity contribution in [2.24, 2.45) is 0 Å². The van der Waals surface area contributed by atoms with Crippen LogP contribution in [0.25, 0.3) is 0 Å². The molecule has 3 aromatic rings. The Morgan fingerprint density at radius 3 is 2.31 bits per heavy atom. The number of anilines is 1. The molecule has 0 bridgehead atoms. The fourth-order valence-electron chi connectivity index (χ4n) is 2.92. The molecular weight excluding hydrogens is 389 g/mol. The minimum atomic E-state index is -4.07. The van der Waals surface area contributed by atoms with Crippen molar-refractivity contribution in [2.75, 3.05) is 5.32 Å². The number of amides is 1. The van der Waals surface area contributed by atoms with Gasteiger partial charge in [0.25, 0.3) is 5.91 Å². The van der Waals surface area contributed by atoms with Gasteiger partial charge in [0.2, 0.25) is 9.84 Å². The molecule has 0 aromatic heterocycles. The van der Waals surface area contributed by atoms with Gasteiger partial charge < -0.3 is 5.32 Å². The quantitative estimate of drug-likeness (QED) is 0.577. The van der Waals surface area contributed by atoms with E-state index in [0.29, 0.717) is 5.69 Å². The maximum atomic E-state index is 14.3. The van der Waals surface area contributed by atoms with Crippen LogP contribution in [-0.4, -0.2) is 14.3 Å². The second kappa shape index (κ2) is 9.01. The number of benzene rings is 3. The molecule has 0 aliphatic carbocycles. The van der Waals surface area contributed by atoms with Gasteiger partial charge in [-0.25, -0.2) is 12.8 Å². The maximum Gasteiger partial charge on any atom is 0.255 e. The molecule has 0 atom stereocenters. The molecule has 6 heteroatoms. The van der Waals surface area contributed by atoms with E-state index in [9.17, 15) is 17.6 Å². The highest BCUT2D eigenvalue weighted by molar-refractivity contribution is 7.91. The molecule has 4 nitrogen and oxygen atoms in total. The van der Waals surface area contributed by atoms with Crippen molar-refractivity contribution in [2.45, 2.75) is 36.0 Å². The van der Waals surface area contributed by atoms with Crippen molar-refractivity contribution in [3.8, 4) is 0 Å². The number of hydrogen-bond acceptors (Lipinski definition) is 3. The molecule has 0 saturated carbocycles. The van der Waals surface area contributed by atoms with Crippen LogP contribution in [0, 0.1) is 5.82 Å². The van der Waals surface area contributed by atoms with Crippen molar-refractivity contribution in [3.05, 3.63) is 89.7 Å². The van der Waals surface area contributed by atoms with Crippen LogP contribution in [0.15, 0.2) is 82.6 Å². The first-order valence-electron chi connectivity index (χ1n) is 9.42. The van der Waals surface area contributed by atoms with Crippen LogP contribution in [0.3, 0.4) is 0 Å². The van der Waals surface area contributed by atoms with Gasteiger partial charge >= 0.3 is 0 Å². The third-order valence-corrected chi connectivity index (χ3v) is 6.35. The number of unbranched alkanes of at least 4 members (excludes halogenated alkanes) is 1. The van der Waals surface area contributed by atoms with E-state index >= 15 is 0 Å². The number of carbonyl (C=O) groups excluding carboxylic acids is 1. The van der Waals surface area contributed by atoms with Gasteiger partial charge in [0.15, 0.2) is 0 Å². The summed E-state index contributed by atoms with van der Waals surface area (Å²) in [6.07, 6.45) is 3.18. The largest absolute Gasteiger partial charge is 0.322 e. The monoisotopic (exact) mass is 411 g/mol. The summed E-state index contributed by atoms with van der Waals surface area (Å²) >= 11 is 0. The van der Waals surface area contributed by atoms with E-state index in [0.717, 1.165) is 31.4 Å². The van der Waals surface area contributed by atoms with E-state index in [1.165, 1.54) is 23.8 Å². The Bertz CT molecular complexity index is 1090. The Morgan fingerprint density at radius 2 is 1.66 bits per heavy atom. The van der Waals surface area contributed by atoms with Crippen LogP contribution in [-0.2, 0) is 16.3 Å². The van der Waals surface area contributed by atoms with Crippen LogP contribution in [0.2, 0.25) is 0 Å². The number of carbonyl (C=O) groups is 1. The summed E-state index contributed by atoms with van der Waals surface area (Å²) in [4.78, 5) is 12.0. The number of aryl methyl sites for hydroxylation is 1. The van der Waals surface area contributed by atoms with Crippen LogP contribution >= 0.6 is 0 Å². The summed E-state index contributed by atoms with van der Waals surface area (Å²) in [7, 11) is -4.07. The molecule has 1 amide bonds. The van der Waals surface area contributed by atoms with Crippen LogP contribution in [0.4, 0.5) is 10.1 Å². The minimum absolute atomic E-state index is 0.0286. The number of nitrogens with one attached hydrogen (secondary N) is 1. The molecule has 3 rings (SSSR count). The normalized spacial score (nSPS) is 11.2. The molecule has 0 unspecified atom stereocenters. The lowest BCUT2D eigenvalue weighted by Gasteiger charge is -2.10. The molecule has 0 spiro atoms. The van der Waals surface area contributed by atoms with Crippen LogP contribution in [0.1, 0.15) is 35.7 Å². The zero-order chi connectivity index (χ0) is 20.9. The van der Waals surface area contributed by atoms with Crippen molar-refractivity contribution in [1.29, 1.82) is 0 Å². The number of rotatable bonds is 7. The number of halogens is 1. The Balaban J connectivity index is 1.83. The van der Waals surface area contributed by atoms with Crippen molar-refractivity contribution < 1.29 is 17.6 Å².